The number of halogens is 1. The third kappa shape index (κ3) is 3.46. The van der Waals surface area contributed by atoms with Gasteiger partial charge in [-0.25, -0.2) is 0 Å². The van der Waals surface area contributed by atoms with Gasteiger partial charge in [-0.2, -0.15) is 0 Å². The average Bonchev–Trinajstić information content (AvgIpc) is 2.27. The minimum atomic E-state index is -0.927. The summed E-state index contributed by atoms with van der Waals surface area (Å²) in [6, 6.07) is 4.73. The Morgan fingerprint density at radius 1 is 1.56 bits per heavy atom. The summed E-state index contributed by atoms with van der Waals surface area (Å²) in [5.74, 6) is -0.518. The number of nitro groups is 1. The molecule has 0 unspecified atom stereocenters. The number of rotatable bonds is 5. The number of nitro benzene ring substituents is 1. The fourth-order valence-electron chi connectivity index (χ4n) is 1.14. The predicted molar refractivity (Wildman–Crippen MR) is 73.8 cm³/mol. The fourth-order valence-corrected chi connectivity index (χ4v) is 2.75. The largest absolute Gasteiger partial charge is 0.480 e. The maximum Gasteiger partial charge on any atom is 0.319 e. The van der Waals surface area contributed by atoms with Crippen molar-refractivity contribution < 1.29 is 14.8 Å². The van der Waals surface area contributed by atoms with Gasteiger partial charge in [0.15, 0.2) is 0 Å². The second kappa shape index (κ2) is 5.71. The van der Waals surface area contributed by atoms with Crippen LogP contribution in [0.1, 0.15) is 19.4 Å². The summed E-state index contributed by atoms with van der Waals surface area (Å²) in [5, 5.41) is 19.7. The van der Waals surface area contributed by atoms with E-state index in [9.17, 15) is 14.9 Å². The van der Waals surface area contributed by atoms with E-state index in [4.69, 9.17) is 5.11 Å². The van der Waals surface area contributed by atoms with E-state index in [0.29, 0.717) is 15.8 Å². The van der Waals surface area contributed by atoms with Gasteiger partial charge in [-0.3, -0.25) is 14.9 Å². The lowest BCUT2D eigenvalue weighted by atomic mass is 10.2. The first kappa shape index (κ1) is 15.0. The molecule has 0 saturated heterocycles. The summed E-state index contributed by atoms with van der Waals surface area (Å²) in [7, 11) is 0. The second-order valence-electron chi connectivity index (χ2n) is 4.11. The Labute approximate surface area is 117 Å². The Kier molecular flexibility index (Phi) is 4.75. The van der Waals surface area contributed by atoms with E-state index in [2.05, 4.69) is 15.9 Å². The lowest BCUT2D eigenvalue weighted by Gasteiger charge is -2.18. The number of hydrogen-bond acceptors (Lipinski definition) is 4. The van der Waals surface area contributed by atoms with E-state index in [1.165, 1.54) is 17.8 Å². The highest BCUT2D eigenvalue weighted by Gasteiger charge is 2.28. The smallest absolute Gasteiger partial charge is 0.319 e. The summed E-state index contributed by atoms with van der Waals surface area (Å²) < 4.78 is -0.520. The van der Waals surface area contributed by atoms with Crippen molar-refractivity contribution in [2.45, 2.75) is 24.3 Å². The lowest BCUT2D eigenvalue weighted by molar-refractivity contribution is -0.385. The number of hydrogen-bond donors (Lipinski definition) is 1. The standard InChI is InChI=1S/C11H12BrNO4S/c1-11(2,10(14)15)18-6-7-4-3-5-8(9(7)12)13(16)17/h3-5H,6H2,1-2H3,(H,14,15). The first-order valence-electron chi connectivity index (χ1n) is 5.05. The molecule has 1 rings (SSSR count). The normalized spacial score (nSPS) is 11.3. The summed E-state index contributed by atoms with van der Waals surface area (Å²) in [5.41, 5.74) is 0.699. The van der Waals surface area contributed by atoms with Gasteiger partial charge in [0, 0.05) is 11.8 Å². The van der Waals surface area contributed by atoms with Crippen LogP contribution in [0.2, 0.25) is 0 Å². The molecular weight excluding hydrogens is 322 g/mol. The van der Waals surface area contributed by atoms with Crippen LogP contribution in [0.3, 0.4) is 0 Å². The summed E-state index contributed by atoms with van der Waals surface area (Å²) in [6.45, 7) is 3.20. The Balaban J connectivity index is 2.90. The summed E-state index contributed by atoms with van der Waals surface area (Å²) in [4.78, 5) is 21.2. The minimum Gasteiger partial charge on any atom is -0.480 e. The number of carboxylic acids is 1. The van der Waals surface area contributed by atoms with Gasteiger partial charge in [-0.15, -0.1) is 11.8 Å². The Morgan fingerprint density at radius 3 is 2.67 bits per heavy atom. The Morgan fingerprint density at radius 2 is 2.17 bits per heavy atom. The molecule has 0 radical (unpaired) electrons. The van der Waals surface area contributed by atoms with Crippen LogP contribution in [0.25, 0.3) is 0 Å². The highest BCUT2D eigenvalue weighted by Crippen LogP contribution is 2.34. The maximum atomic E-state index is 11.0. The molecule has 0 heterocycles. The van der Waals surface area contributed by atoms with Gasteiger partial charge in [0.1, 0.15) is 4.75 Å². The zero-order valence-corrected chi connectivity index (χ0v) is 12.2. The summed E-state index contributed by atoms with van der Waals surface area (Å²) in [6.07, 6.45) is 0. The van der Waals surface area contributed by atoms with E-state index in [1.807, 2.05) is 0 Å². The van der Waals surface area contributed by atoms with E-state index in [1.54, 1.807) is 26.0 Å². The number of carboxylic acid groups (broad SMARTS) is 1. The van der Waals surface area contributed by atoms with Gasteiger partial charge >= 0.3 is 5.97 Å². The van der Waals surface area contributed by atoms with Crippen LogP contribution < -0.4 is 0 Å². The molecule has 0 bridgehead atoms. The fraction of sp³-hybridized carbons (Fsp3) is 0.364. The molecule has 0 aliphatic rings. The van der Waals surface area contributed by atoms with Gasteiger partial charge in [0.25, 0.3) is 5.69 Å². The van der Waals surface area contributed by atoms with E-state index >= 15 is 0 Å². The molecule has 0 saturated carbocycles. The van der Waals surface area contributed by atoms with Crippen molar-refractivity contribution >= 4 is 39.3 Å². The quantitative estimate of drug-likeness (QED) is 0.659. The molecule has 5 nitrogen and oxygen atoms in total. The second-order valence-corrected chi connectivity index (χ2v) is 6.50. The zero-order chi connectivity index (χ0) is 13.9. The van der Waals surface area contributed by atoms with Crippen molar-refractivity contribution in [3.05, 3.63) is 38.3 Å². The highest BCUT2D eigenvalue weighted by atomic mass is 79.9. The predicted octanol–water partition coefficient (Wildman–Crippen LogP) is 3.45. The molecule has 0 aromatic heterocycles. The first-order chi connectivity index (χ1) is 8.25. The Bertz CT molecular complexity index is 490. The van der Waals surface area contributed by atoms with Crippen LogP contribution in [-0.4, -0.2) is 20.7 Å². The van der Waals surface area contributed by atoms with Crippen LogP contribution >= 0.6 is 27.7 Å². The monoisotopic (exact) mass is 333 g/mol. The third-order valence-electron chi connectivity index (χ3n) is 2.36. The topological polar surface area (TPSA) is 80.4 Å². The van der Waals surface area contributed by atoms with Crippen molar-refractivity contribution in [2.24, 2.45) is 0 Å². The van der Waals surface area contributed by atoms with Crippen LogP contribution in [0.15, 0.2) is 22.7 Å². The third-order valence-corrected chi connectivity index (χ3v) is 4.63. The number of nitrogens with zero attached hydrogens (tertiary/aromatic N) is 1. The van der Waals surface area contributed by atoms with Crippen LogP contribution in [0.4, 0.5) is 5.69 Å². The van der Waals surface area contributed by atoms with Crippen molar-refractivity contribution in [1.29, 1.82) is 0 Å². The van der Waals surface area contributed by atoms with Crippen molar-refractivity contribution in [3.63, 3.8) is 0 Å². The molecule has 0 fully saturated rings. The van der Waals surface area contributed by atoms with E-state index in [0.717, 1.165) is 0 Å². The van der Waals surface area contributed by atoms with E-state index in [-0.39, 0.29) is 5.69 Å². The highest BCUT2D eigenvalue weighted by molar-refractivity contribution is 9.10. The molecular formula is C11H12BrNO4S. The number of carbonyl (C=O) groups is 1. The van der Waals surface area contributed by atoms with Gasteiger partial charge in [-0.05, 0) is 35.3 Å². The minimum absolute atomic E-state index is 0.0127. The zero-order valence-electron chi connectivity index (χ0n) is 9.84. The maximum absolute atomic E-state index is 11.0. The molecule has 18 heavy (non-hydrogen) atoms. The first-order valence-corrected chi connectivity index (χ1v) is 6.82. The molecule has 0 amide bonds. The van der Waals surface area contributed by atoms with Crippen LogP contribution in [-0.2, 0) is 10.5 Å². The molecule has 0 spiro atoms. The van der Waals surface area contributed by atoms with Gasteiger partial charge < -0.3 is 5.11 Å². The van der Waals surface area contributed by atoms with Gasteiger partial charge in [0.05, 0.1) is 9.40 Å². The Hall–Kier alpha value is -1.08. The van der Waals surface area contributed by atoms with Crippen molar-refractivity contribution in [1.82, 2.24) is 0 Å². The molecule has 1 aromatic carbocycles. The molecule has 98 valence electrons. The van der Waals surface area contributed by atoms with Gasteiger partial charge in [-0.1, -0.05) is 12.1 Å². The van der Waals surface area contributed by atoms with E-state index < -0.39 is 15.6 Å². The summed E-state index contributed by atoms with van der Waals surface area (Å²) >= 11 is 4.41. The lowest BCUT2D eigenvalue weighted by Crippen LogP contribution is -2.27. The van der Waals surface area contributed by atoms with Crippen LogP contribution in [0.5, 0.6) is 0 Å². The van der Waals surface area contributed by atoms with Crippen molar-refractivity contribution in [2.75, 3.05) is 0 Å². The molecule has 0 atom stereocenters. The van der Waals surface area contributed by atoms with Crippen molar-refractivity contribution in [3.8, 4) is 0 Å². The molecule has 1 aromatic rings. The number of aliphatic carboxylic acids is 1. The SMILES string of the molecule is CC(C)(SCc1cccc([N+](=O)[O-])c1Br)C(=O)O. The average molecular weight is 334 g/mol. The van der Waals surface area contributed by atoms with Crippen LogP contribution in [0, 0.1) is 10.1 Å². The number of thioether (sulfide) groups is 1. The molecule has 1 N–H and O–H groups in total. The molecule has 7 heteroatoms. The molecule has 0 aliphatic heterocycles. The van der Waals surface area contributed by atoms with Gasteiger partial charge in [0.2, 0.25) is 0 Å². The molecule has 0 aliphatic carbocycles. The number of benzene rings is 1.